The molecule has 0 fully saturated rings. The minimum Gasteiger partial charge on any atom is -0.497 e. The Labute approximate surface area is 200 Å². The summed E-state index contributed by atoms with van der Waals surface area (Å²) in [6, 6.07) is 14.9. The molecule has 0 unspecified atom stereocenters. The Morgan fingerprint density at radius 2 is 1.47 bits per heavy atom. The van der Waals surface area contributed by atoms with E-state index < -0.39 is 15.9 Å². The van der Waals surface area contributed by atoms with Crippen LogP contribution >= 0.6 is 34.8 Å². The van der Waals surface area contributed by atoms with E-state index in [0.29, 0.717) is 22.9 Å². The van der Waals surface area contributed by atoms with Crippen LogP contribution in [0.15, 0.2) is 65.6 Å². The summed E-state index contributed by atoms with van der Waals surface area (Å²) < 4.78 is 38.0. The highest BCUT2D eigenvalue weighted by Crippen LogP contribution is 2.32. The van der Waals surface area contributed by atoms with Crippen LogP contribution < -0.4 is 19.5 Å². The first-order valence-electron chi connectivity index (χ1n) is 9.02. The van der Waals surface area contributed by atoms with Crippen LogP contribution in [0.1, 0.15) is 0 Å². The molecule has 0 heterocycles. The highest BCUT2D eigenvalue weighted by atomic mass is 35.5. The fourth-order valence-electron chi connectivity index (χ4n) is 2.54. The predicted molar refractivity (Wildman–Crippen MR) is 126 cm³/mol. The minimum absolute atomic E-state index is 0.0349. The molecular formula is C21H17Cl3N2O5S. The molecule has 3 aromatic rings. The van der Waals surface area contributed by atoms with Gasteiger partial charge in [-0.05, 0) is 60.7 Å². The number of anilines is 2. The molecule has 0 radical (unpaired) electrons. The molecule has 168 valence electrons. The van der Waals surface area contributed by atoms with Crippen molar-refractivity contribution in [3.63, 3.8) is 0 Å². The van der Waals surface area contributed by atoms with Crippen molar-refractivity contribution in [3.8, 4) is 11.5 Å². The van der Waals surface area contributed by atoms with Crippen LogP contribution in [-0.4, -0.2) is 28.0 Å². The Balaban J connectivity index is 1.59. The summed E-state index contributed by atoms with van der Waals surface area (Å²) in [7, 11) is -2.27. The summed E-state index contributed by atoms with van der Waals surface area (Å²) in [6.07, 6.45) is 0. The first kappa shape index (κ1) is 24.0. The first-order chi connectivity index (χ1) is 15.2. The summed E-state index contributed by atoms with van der Waals surface area (Å²) in [4.78, 5) is 12.2. The van der Waals surface area contributed by atoms with Gasteiger partial charge in [0.05, 0.1) is 32.8 Å². The van der Waals surface area contributed by atoms with Gasteiger partial charge in [0.1, 0.15) is 11.5 Å². The topological polar surface area (TPSA) is 93.7 Å². The molecule has 11 heteroatoms. The summed E-state index contributed by atoms with van der Waals surface area (Å²) in [5.74, 6) is 0.437. The van der Waals surface area contributed by atoms with Gasteiger partial charge in [0.15, 0.2) is 6.61 Å². The van der Waals surface area contributed by atoms with E-state index in [1.54, 1.807) is 24.3 Å². The molecule has 0 bridgehead atoms. The Morgan fingerprint density at radius 1 is 0.875 bits per heavy atom. The zero-order valence-electron chi connectivity index (χ0n) is 16.6. The molecule has 0 atom stereocenters. The molecule has 2 N–H and O–H groups in total. The van der Waals surface area contributed by atoms with Gasteiger partial charge in [-0.3, -0.25) is 9.52 Å². The van der Waals surface area contributed by atoms with Crippen molar-refractivity contribution in [2.24, 2.45) is 0 Å². The SMILES string of the molecule is COc1ccc(NS(=O)(=O)c2ccc(OCC(=O)Nc3cc(Cl)c(Cl)cc3Cl)cc2)cc1. The zero-order chi connectivity index (χ0) is 23.3. The highest BCUT2D eigenvalue weighted by molar-refractivity contribution is 7.92. The standard InChI is InChI=1S/C21H17Cl3N2O5S/c1-30-14-4-2-13(3-5-14)26-32(28,29)16-8-6-15(7-9-16)31-12-21(27)25-20-11-18(23)17(22)10-19(20)24/h2-11,26H,12H2,1H3,(H,25,27). The minimum atomic E-state index is -3.80. The van der Waals surface area contributed by atoms with Crippen LogP contribution in [0.25, 0.3) is 0 Å². The lowest BCUT2D eigenvalue weighted by atomic mass is 10.3. The van der Waals surface area contributed by atoms with Gasteiger partial charge >= 0.3 is 0 Å². The Kier molecular flexibility index (Phi) is 7.73. The summed E-state index contributed by atoms with van der Waals surface area (Å²) in [5, 5.41) is 3.30. The molecular weight excluding hydrogens is 499 g/mol. The van der Waals surface area contributed by atoms with Gasteiger partial charge in [0, 0.05) is 5.69 Å². The average Bonchev–Trinajstić information content (AvgIpc) is 2.76. The van der Waals surface area contributed by atoms with Gasteiger partial charge in [-0.25, -0.2) is 8.42 Å². The molecule has 32 heavy (non-hydrogen) atoms. The van der Waals surface area contributed by atoms with Crippen molar-refractivity contribution < 1.29 is 22.7 Å². The maximum atomic E-state index is 12.5. The Hall–Kier alpha value is -2.65. The Bertz CT molecular complexity index is 1220. The van der Waals surface area contributed by atoms with Gasteiger partial charge < -0.3 is 14.8 Å². The van der Waals surface area contributed by atoms with Gasteiger partial charge in [0.2, 0.25) is 0 Å². The second kappa shape index (κ2) is 10.3. The highest BCUT2D eigenvalue weighted by Gasteiger charge is 2.15. The summed E-state index contributed by atoms with van der Waals surface area (Å²) in [6.45, 7) is -0.327. The molecule has 3 aromatic carbocycles. The number of carbonyl (C=O) groups is 1. The number of carbonyl (C=O) groups excluding carboxylic acids is 1. The number of nitrogens with one attached hydrogen (secondary N) is 2. The van der Waals surface area contributed by atoms with Crippen molar-refractivity contribution in [3.05, 3.63) is 75.7 Å². The first-order valence-corrected chi connectivity index (χ1v) is 11.6. The fourth-order valence-corrected chi connectivity index (χ4v) is 4.19. The third-order valence-corrected chi connectivity index (χ3v) is 6.56. The van der Waals surface area contributed by atoms with E-state index in [1.807, 2.05) is 0 Å². The maximum absolute atomic E-state index is 12.5. The van der Waals surface area contributed by atoms with Gasteiger partial charge in [-0.2, -0.15) is 0 Å². The smallest absolute Gasteiger partial charge is 0.262 e. The molecule has 3 rings (SSSR count). The third-order valence-electron chi connectivity index (χ3n) is 4.13. The maximum Gasteiger partial charge on any atom is 0.262 e. The van der Waals surface area contributed by atoms with E-state index in [1.165, 1.54) is 43.5 Å². The lowest BCUT2D eigenvalue weighted by Crippen LogP contribution is -2.20. The zero-order valence-corrected chi connectivity index (χ0v) is 19.6. The number of methoxy groups -OCH3 is 1. The number of benzene rings is 3. The van der Waals surface area contributed by atoms with E-state index in [9.17, 15) is 13.2 Å². The van der Waals surface area contributed by atoms with Gasteiger partial charge in [-0.1, -0.05) is 34.8 Å². The second-order valence-corrected chi connectivity index (χ2v) is 9.29. The molecule has 1 amide bonds. The number of sulfonamides is 1. The molecule has 0 aliphatic heterocycles. The number of halogens is 3. The monoisotopic (exact) mass is 514 g/mol. The van der Waals surface area contributed by atoms with Crippen LogP contribution in [0, 0.1) is 0 Å². The quantitative estimate of drug-likeness (QED) is 0.388. The number of hydrogen-bond donors (Lipinski definition) is 2. The molecule has 0 aliphatic rings. The van der Waals surface area contributed by atoms with Crippen molar-refractivity contribution in [1.82, 2.24) is 0 Å². The molecule has 7 nitrogen and oxygen atoms in total. The lowest BCUT2D eigenvalue weighted by molar-refractivity contribution is -0.118. The largest absolute Gasteiger partial charge is 0.497 e. The van der Waals surface area contributed by atoms with Crippen molar-refractivity contribution >= 4 is 62.1 Å². The number of rotatable bonds is 8. The van der Waals surface area contributed by atoms with E-state index in [-0.39, 0.29) is 26.6 Å². The van der Waals surface area contributed by atoms with Crippen LogP contribution in [0.3, 0.4) is 0 Å². The summed E-state index contributed by atoms with van der Waals surface area (Å²) >= 11 is 17.8. The predicted octanol–water partition coefficient (Wildman–Crippen LogP) is 5.47. The van der Waals surface area contributed by atoms with Crippen molar-refractivity contribution in [2.45, 2.75) is 4.90 Å². The Morgan fingerprint density at radius 3 is 2.09 bits per heavy atom. The summed E-state index contributed by atoms with van der Waals surface area (Å²) in [5.41, 5.74) is 0.685. The third kappa shape index (κ3) is 6.20. The van der Waals surface area contributed by atoms with Crippen LogP contribution in [0.5, 0.6) is 11.5 Å². The van der Waals surface area contributed by atoms with Crippen molar-refractivity contribution in [1.29, 1.82) is 0 Å². The molecule has 0 saturated carbocycles. The average molecular weight is 516 g/mol. The lowest BCUT2D eigenvalue weighted by Gasteiger charge is -2.11. The van der Waals surface area contributed by atoms with E-state index in [4.69, 9.17) is 44.3 Å². The molecule has 0 aliphatic carbocycles. The van der Waals surface area contributed by atoms with Crippen molar-refractivity contribution in [2.75, 3.05) is 23.8 Å². The van der Waals surface area contributed by atoms with Crippen LogP contribution in [0.2, 0.25) is 15.1 Å². The van der Waals surface area contributed by atoms with Gasteiger partial charge in [0.25, 0.3) is 15.9 Å². The fraction of sp³-hybridized carbons (Fsp3) is 0.0952. The number of hydrogen-bond acceptors (Lipinski definition) is 5. The normalized spacial score (nSPS) is 11.0. The van der Waals surface area contributed by atoms with E-state index in [0.717, 1.165) is 0 Å². The molecule has 0 spiro atoms. The number of amides is 1. The van der Waals surface area contributed by atoms with Crippen LogP contribution in [-0.2, 0) is 14.8 Å². The number of ether oxygens (including phenoxy) is 2. The van der Waals surface area contributed by atoms with Crippen LogP contribution in [0.4, 0.5) is 11.4 Å². The van der Waals surface area contributed by atoms with E-state index in [2.05, 4.69) is 10.0 Å². The molecule has 0 saturated heterocycles. The van der Waals surface area contributed by atoms with Gasteiger partial charge in [-0.15, -0.1) is 0 Å². The second-order valence-electron chi connectivity index (χ2n) is 6.39. The molecule has 0 aromatic heterocycles. The van der Waals surface area contributed by atoms with E-state index >= 15 is 0 Å².